The van der Waals surface area contributed by atoms with Crippen LogP contribution in [0.5, 0.6) is 0 Å². The highest BCUT2D eigenvalue weighted by molar-refractivity contribution is 7.92. The number of benzene rings is 3. The minimum absolute atomic E-state index is 0.130. The van der Waals surface area contributed by atoms with E-state index in [-0.39, 0.29) is 17.6 Å². The van der Waals surface area contributed by atoms with Crippen molar-refractivity contribution in [2.45, 2.75) is 25.0 Å². The van der Waals surface area contributed by atoms with Crippen LogP contribution >= 0.6 is 23.2 Å². The Kier molecular flexibility index (Phi) is 8.32. The van der Waals surface area contributed by atoms with Crippen LogP contribution in [0.25, 0.3) is 0 Å². The molecule has 0 bridgehead atoms. The van der Waals surface area contributed by atoms with Crippen LogP contribution in [0.1, 0.15) is 34.5 Å². The molecule has 1 saturated heterocycles. The predicted molar refractivity (Wildman–Crippen MR) is 150 cm³/mol. The highest BCUT2D eigenvalue weighted by Crippen LogP contribution is 2.36. The summed E-state index contributed by atoms with van der Waals surface area (Å²) in [7, 11) is -3.68. The Bertz CT molecular complexity index is 1380. The highest BCUT2D eigenvalue weighted by atomic mass is 35.5. The van der Waals surface area contributed by atoms with Crippen LogP contribution in [0.3, 0.4) is 0 Å². The van der Waals surface area contributed by atoms with E-state index in [1.54, 1.807) is 18.2 Å². The molecule has 1 aliphatic rings. The lowest BCUT2D eigenvalue weighted by atomic mass is 9.93. The molecule has 11 heteroatoms. The zero-order valence-corrected chi connectivity index (χ0v) is 23.2. The molecule has 1 fully saturated rings. The average molecular weight is 576 g/mol. The van der Waals surface area contributed by atoms with E-state index in [0.29, 0.717) is 28.8 Å². The van der Waals surface area contributed by atoms with Crippen LogP contribution in [0, 0.1) is 0 Å². The molecule has 3 N–H and O–H groups in total. The number of primary amides is 1. The third-order valence-electron chi connectivity index (χ3n) is 6.45. The Morgan fingerprint density at radius 1 is 0.974 bits per heavy atom. The van der Waals surface area contributed by atoms with E-state index < -0.39 is 27.9 Å². The molecule has 0 saturated carbocycles. The Morgan fingerprint density at radius 3 is 1.97 bits per heavy atom. The van der Waals surface area contributed by atoms with Gasteiger partial charge in [0.1, 0.15) is 6.04 Å². The first-order chi connectivity index (χ1) is 17.9. The van der Waals surface area contributed by atoms with Crippen molar-refractivity contribution in [3.63, 3.8) is 0 Å². The van der Waals surface area contributed by atoms with Gasteiger partial charge in [0.15, 0.2) is 0 Å². The molecule has 1 unspecified atom stereocenters. The lowest BCUT2D eigenvalue weighted by Gasteiger charge is -2.48. The van der Waals surface area contributed by atoms with Crippen LogP contribution in [-0.4, -0.2) is 56.6 Å². The number of nitrogens with zero attached hydrogens (tertiary/aromatic N) is 2. The van der Waals surface area contributed by atoms with Gasteiger partial charge in [0.25, 0.3) is 5.91 Å². The van der Waals surface area contributed by atoms with Crippen LogP contribution in [-0.2, 0) is 14.8 Å². The highest BCUT2D eigenvalue weighted by Gasteiger charge is 2.40. The van der Waals surface area contributed by atoms with Gasteiger partial charge in [0, 0.05) is 28.7 Å². The number of carbonyl (C=O) groups excluding carboxylic acids is 2. The number of amides is 2. The summed E-state index contributed by atoms with van der Waals surface area (Å²) in [6.07, 6.45) is 1.15. The molecule has 3 aromatic rings. The van der Waals surface area contributed by atoms with E-state index >= 15 is 0 Å². The summed E-state index contributed by atoms with van der Waals surface area (Å²) in [5.41, 5.74) is 7.86. The maximum atomic E-state index is 12.9. The first-order valence-electron chi connectivity index (χ1n) is 11.9. The molecule has 0 aliphatic carbocycles. The van der Waals surface area contributed by atoms with Gasteiger partial charge >= 0.3 is 0 Å². The van der Waals surface area contributed by atoms with Gasteiger partial charge in [0.05, 0.1) is 24.0 Å². The quantitative estimate of drug-likeness (QED) is 0.403. The molecule has 38 heavy (non-hydrogen) atoms. The van der Waals surface area contributed by atoms with Gasteiger partial charge in [0.2, 0.25) is 15.9 Å². The Labute approximate surface area is 232 Å². The lowest BCUT2D eigenvalue weighted by molar-refractivity contribution is -0.119. The van der Waals surface area contributed by atoms with Gasteiger partial charge in [-0.25, -0.2) is 8.42 Å². The minimum atomic E-state index is -3.68. The fourth-order valence-corrected chi connectivity index (χ4v) is 5.98. The standard InChI is InChI=1S/C27H28Cl2N4O4S/c1-17(26(30)34)31-27(35)20-4-3-5-23(14-20)33(38(2,36)37)24-15-32(16-24)25(18-6-10-21(28)11-7-18)19-8-12-22(29)13-9-19/h3-14,17,24-25H,15-16H2,1-2H3,(H2,30,34)(H,31,35). The summed E-state index contributed by atoms with van der Waals surface area (Å²) in [5, 5.41) is 3.77. The number of hydrogen-bond acceptors (Lipinski definition) is 5. The largest absolute Gasteiger partial charge is 0.368 e. The first kappa shape index (κ1) is 27.9. The fraction of sp³-hybridized carbons (Fsp3) is 0.259. The minimum Gasteiger partial charge on any atom is -0.368 e. The summed E-state index contributed by atoms with van der Waals surface area (Å²) in [6, 6.07) is 20.1. The molecule has 8 nitrogen and oxygen atoms in total. The van der Waals surface area contributed by atoms with Crippen molar-refractivity contribution < 1.29 is 18.0 Å². The van der Waals surface area contributed by atoms with E-state index in [1.807, 2.05) is 48.5 Å². The molecule has 1 aliphatic heterocycles. The van der Waals surface area contributed by atoms with E-state index in [1.165, 1.54) is 17.3 Å². The van der Waals surface area contributed by atoms with Gasteiger partial charge < -0.3 is 11.1 Å². The Morgan fingerprint density at radius 2 is 1.50 bits per heavy atom. The molecule has 3 aromatic carbocycles. The Hall–Kier alpha value is -3.11. The third kappa shape index (κ3) is 6.30. The molecule has 1 heterocycles. The summed E-state index contributed by atoms with van der Waals surface area (Å²) >= 11 is 12.2. The number of likely N-dealkylation sites (tertiary alicyclic amines) is 1. The summed E-state index contributed by atoms with van der Waals surface area (Å²) < 4.78 is 27.2. The van der Waals surface area contributed by atoms with Crippen LogP contribution < -0.4 is 15.4 Å². The molecule has 4 rings (SSSR count). The van der Waals surface area contributed by atoms with Crippen molar-refractivity contribution in [3.8, 4) is 0 Å². The SMILES string of the molecule is CC(NC(=O)c1cccc(N(C2CN(C(c3ccc(Cl)cc3)c3ccc(Cl)cc3)C2)S(C)(=O)=O)c1)C(N)=O. The normalized spacial score (nSPS) is 15.1. The van der Waals surface area contributed by atoms with Crippen molar-refractivity contribution in [3.05, 3.63) is 99.5 Å². The number of rotatable bonds is 9. The maximum Gasteiger partial charge on any atom is 0.251 e. The van der Waals surface area contributed by atoms with Gasteiger partial charge in [-0.15, -0.1) is 0 Å². The van der Waals surface area contributed by atoms with Gasteiger partial charge in [-0.05, 0) is 60.5 Å². The second-order valence-electron chi connectivity index (χ2n) is 9.32. The van der Waals surface area contributed by atoms with Crippen molar-refractivity contribution in [1.29, 1.82) is 0 Å². The number of hydrogen-bond donors (Lipinski definition) is 2. The molecule has 0 radical (unpaired) electrons. The number of sulfonamides is 1. The van der Waals surface area contributed by atoms with Crippen LogP contribution in [0.2, 0.25) is 10.0 Å². The zero-order chi connectivity index (χ0) is 27.6. The van der Waals surface area contributed by atoms with E-state index in [2.05, 4.69) is 10.2 Å². The lowest BCUT2D eigenvalue weighted by Crippen LogP contribution is -2.61. The van der Waals surface area contributed by atoms with E-state index in [9.17, 15) is 18.0 Å². The number of nitrogens with one attached hydrogen (secondary N) is 1. The molecular formula is C27H28Cl2N4O4S. The summed E-state index contributed by atoms with van der Waals surface area (Å²) in [5.74, 6) is -1.19. The van der Waals surface area contributed by atoms with Gasteiger partial charge in [-0.1, -0.05) is 53.5 Å². The number of halogens is 2. The van der Waals surface area contributed by atoms with Crippen LogP contribution in [0.4, 0.5) is 5.69 Å². The van der Waals surface area contributed by atoms with Crippen molar-refractivity contribution in [1.82, 2.24) is 10.2 Å². The third-order valence-corrected chi connectivity index (χ3v) is 8.18. The molecule has 2 amide bonds. The van der Waals surface area contributed by atoms with Crippen molar-refractivity contribution >= 4 is 50.7 Å². The van der Waals surface area contributed by atoms with E-state index in [4.69, 9.17) is 28.9 Å². The van der Waals surface area contributed by atoms with Crippen molar-refractivity contribution in [2.75, 3.05) is 23.7 Å². The summed E-state index contributed by atoms with van der Waals surface area (Å²) in [4.78, 5) is 26.1. The maximum absolute atomic E-state index is 12.9. The average Bonchev–Trinajstić information content (AvgIpc) is 2.83. The monoisotopic (exact) mass is 574 g/mol. The van der Waals surface area contributed by atoms with Crippen LogP contribution in [0.15, 0.2) is 72.8 Å². The second-order valence-corrected chi connectivity index (χ2v) is 12.1. The molecule has 200 valence electrons. The Balaban J connectivity index is 1.60. The molecular weight excluding hydrogens is 547 g/mol. The van der Waals surface area contributed by atoms with E-state index in [0.717, 1.165) is 17.4 Å². The molecule has 0 aromatic heterocycles. The number of nitrogens with two attached hydrogens (primary N) is 1. The molecule has 0 spiro atoms. The topological polar surface area (TPSA) is 113 Å². The van der Waals surface area contributed by atoms with Crippen molar-refractivity contribution in [2.24, 2.45) is 5.73 Å². The predicted octanol–water partition coefficient (Wildman–Crippen LogP) is 3.84. The number of carbonyl (C=O) groups is 2. The second kappa shape index (κ2) is 11.3. The first-order valence-corrected chi connectivity index (χ1v) is 14.5. The number of anilines is 1. The fourth-order valence-electron chi connectivity index (χ4n) is 4.56. The zero-order valence-electron chi connectivity index (χ0n) is 20.8. The molecule has 1 atom stereocenters. The van der Waals surface area contributed by atoms with Gasteiger partial charge in [-0.3, -0.25) is 18.8 Å². The smallest absolute Gasteiger partial charge is 0.251 e. The summed E-state index contributed by atoms with van der Waals surface area (Å²) in [6.45, 7) is 2.39. The van der Waals surface area contributed by atoms with Gasteiger partial charge in [-0.2, -0.15) is 0 Å².